The number of aromatic nitrogens is 2. The van der Waals surface area contributed by atoms with Gasteiger partial charge in [-0.3, -0.25) is 14.6 Å². The summed E-state index contributed by atoms with van der Waals surface area (Å²) in [5.41, 5.74) is 6.08. The molecule has 1 fully saturated rings. The lowest BCUT2D eigenvalue weighted by Gasteiger charge is -2.34. The van der Waals surface area contributed by atoms with Gasteiger partial charge in [0.15, 0.2) is 0 Å². The van der Waals surface area contributed by atoms with Crippen LogP contribution in [-0.4, -0.2) is 57.9 Å². The predicted molar refractivity (Wildman–Crippen MR) is 133 cm³/mol. The molecule has 36 heavy (non-hydrogen) atoms. The molecule has 1 atom stereocenters. The van der Waals surface area contributed by atoms with E-state index in [0.29, 0.717) is 49.9 Å². The molecule has 0 aliphatic carbocycles. The topological polar surface area (TPSA) is 87.4 Å². The van der Waals surface area contributed by atoms with Crippen LogP contribution < -0.4 is 11.1 Å². The zero-order chi connectivity index (χ0) is 25.9. The van der Waals surface area contributed by atoms with Gasteiger partial charge in [-0.25, -0.2) is 9.97 Å². The third kappa shape index (κ3) is 6.11. The number of primary amides is 1. The highest BCUT2D eigenvalue weighted by molar-refractivity contribution is 5.91. The number of carbonyl (C=O) groups excluding carboxylic acids is 1. The van der Waals surface area contributed by atoms with E-state index in [1.807, 2.05) is 43.0 Å². The molecule has 4 rings (SSSR count). The van der Waals surface area contributed by atoms with Crippen molar-refractivity contribution in [2.24, 2.45) is 11.7 Å². The van der Waals surface area contributed by atoms with Gasteiger partial charge in [-0.05, 0) is 29.7 Å². The first kappa shape index (κ1) is 25.8. The van der Waals surface area contributed by atoms with Crippen molar-refractivity contribution in [3.05, 3.63) is 65.5 Å². The minimum absolute atomic E-state index is 0.0183. The van der Waals surface area contributed by atoms with Gasteiger partial charge in [0.25, 0.3) is 0 Å². The number of anilines is 1. The molecule has 2 aromatic carbocycles. The van der Waals surface area contributed by atoms with Crippen molar-refractivity contribution < 1.29 is 18.0 Å². The van der Waals surface area contributed by atoms with Gasteiger partial charge in [-0.1, -0.05) is 44.2 Å². The van der Waals surface area contributed by atoms with Gasteiger partial charge in [-0.2, -0.15) is 13.2 Å². The predicted octanol–water partition coefficient (Wildman–Crippen LogP) is 3.89. The Hall–Kier alpha value is -3.24. The summed E-state index contributed by atoms with van der Waals surface area (Å²) in [6.07, 6.45) is -4.36. The summed E-state index contributed by atoms with van der Waals surface area (Å²) in [5, 5.41) is 4.01. The van der Waals surface area contributed by atoms with Crippen molar-refractivity contribution in [1.82, 2.24) is 19.8 Å². The molecule has 7 nitrogen and oxygen atoms in total. The summed E-state index contributed by atoms with van der Waals surface area (Å²) >= 11 is 0. The lowest BCUT2D eigenvalue weighted by atomic mass is 10.0. The number of halogens is 3. The zero-order valence-electron chi connectivity index (χ0n) is 20.4. The number of nitrogens with one attached hydrogen (secondary N) is 1. The molecule has 0 spiro atoms. The van der Waals surface area contributed by atoms with Gasteiger partial charge in [0, 0.05) is 38.1 Å². The lowest BCUT2D eigenvalue weighted by molar-refractivity contribution is -0.138. The van der Waals surface area contributed by atoms with Crippen molar-refractivity contribution in [2.75, 3.05) is 31.5 Å². The second kappa shape index (κ2) is 10.8. The average molecular weight is 501 g/mol. The van der Waals surface area contributed by atoms with E-state index >= 15 is 0 Å². The largest absolute Gasteiger partial charge is 0.416 e. The number of carbonyl (C=O) groups is 1. The van der Waals surface area contributed by atoms with Gasteiger partial charge in [0.1, 0.15) is 17.7 Å². The van der Waals surface area contributed by atoms with Crippen LogP contribution in [0.15, 0.2) is 48.5 Å². The van der Waals surface area contributed by atoms with E-state index in [2.05, 4.69) is 10.2 Å². The molecule has 0 saturated carbocycles. The van der Waals surface area contributed by atoms with Crippen molar-refractivity contribution in [3.8, 4) is 0 Å². The minimum Gasteiger partial charge on any atom is -0.368 e. The number of hydrogen-bond donors (Lipinski definition) is 2. The molecule has 1 aromatic heterocycles. The van der Waals surface area contributed by atoms with Crippen LogP contribution in [-0.2, 0) is 24.1 Å². The first-order valence-electron chi connectivity index (χ1n) is 12.0. The Kier molecular flexibility index (Phi) is 7.75. The number of piperazine rings is 1. The number of amides is 1. The van der Waals surface area contributed by atoms with Crippen LogP contribution in [0.5, 0.6) is 0 Å². The van der Waals surface area contributed by atoms with E-state index < -0.39 is 23.7 Å². The number of benzene rings is 2. The summed E-state index contributed by atoms with van der Waals surface area (Å²) in [5.74, 6) is 0.710. The minimum atomic E-state index is -4.36. The first-order valence-corrected chi connectivity index (χ1v) is 12.0. The maximum absolute atomic E-state index is 13.3. The van der Waals surface area contributed by atoms with Crippen LogP contribution in [0.25, 0.3) is 10.9 Å². The van der Waals surface area contributed by atoms with Crippen LogP contribution in [0, 0.1) is 5.92 Å². The summed E-state index contributed by atoms with van der Waals surface area (Å²) in [4.78, 5) is 25.6. The second-order valence-electron chi connectivity index (χ2n) is 9.48. The van der Waals surface area contributed by atoms with E-state index in [4.69, 9.17) is 15.7 Å². The van der Waals surface area contributed by atoms with E-state index in [1.165, 1.54) is 6.07 Å². The van der Waals surface area contributed by atoms with Gasteiger partial charge < -0.3 is 11.1 Å². The highest BCUT2D eigenvalue weighted by Crippen LogP contribution is 2.32. The third-order valence-electron chi connectivity index (χ3n) is 6.46. The number of para-hydroxylation sites is 1. The SMILES string of the molecule is CC(C)[C@H](Nc1nc(CN2CCN(Cc3ccccc3C(F)(F)F)CC2)nc2ccccc12)C(N)=O. The molecule has 1 aliphatic heterocycles. The number of alkyl halides is 3. The molecule has 0 bridgehead atoms. The Morgan fingerprint density at radius 2 is 1.58 bits per heavy atom. The number of hydrogen-bond acceptors (Lipinski definition) is 6. The van der Waals surface area contributed by atoms with Crippen molar-refractivity contribution in [1.29, 1.82) is 0 Å². The van der Waals surface area contributed by atoms with E-state index in [0.717, 1.165) is 17.0 Å². The Morgan fingerprint density at radius 1 is 0.972 bits per heavy atom. The standard InChI is InChI=1S/C26H31F3N6O/c1-17(2)23(24(30)36)33-25-19-8-4-6-10-21(19)31-22(32-25)16-35-13-11-34(12-14-35)15-18-7-3-5-9-20(18)26(27,28)29/h3-10,17,23H,11-16H2,1-2H3,(H2,30,36)(H,31,32,33)/t23-/m0/s1. The number of nitrogens with zero attached hydrogens (tertiary/aromatic N) is 4. The number of nitrogens with two attached hydrogens (primary N) is 1. The van der Waals surface area contributed by atoms with E-state index in [-0.39, 0.29) is 12.5 Å². The van der Waals surface area contributed by atoms with Crippen molar-refractivity contribution >= 4 is 22.6 Å². The van der Waals surface area contributed by atoms with Crippen LogP contribution in [0.4, 0.5) is 19.0 Å². The molecular weight excluding hydrogens is 469 g/mol. The Labute approximate surface area is 208 Å². The fourth-order valence-corrected chi connectivity index (χ4v) is 4.50. The average Bonchev–Trinajstić information content (AvgIpc) is 2.83. The second-order valence-corrected chi connectivity index (χ2v) is 9.48. The molecule has 1 aliphatic rings. The lowest BCUT2D eigenvalue weighted by Crippen LogP contribution is -2.45. The van der Waals surface area contributed by atoms with Gasteiger partial charge in [0.05, 0.1) is 17.6 Å². The third-order valence-corrected chi connectivity index (χ3v) is 6.46. The fraction of sp³-hybridized carbons (Fsp3) is 0.423. The van der Waals surface area contributed by atoms with Crippen LogP contribution in [0.2, 0.25) is 0 Å². The maximum atomic E-state index is 13.3. The smallest absolute Gasteiger partial charge is 0.368 e. The molecule has 10 heteroatoms. The molecule has 0 unspecified atom stereocenters. The molecular formula is C26H31F3N6O. The molecule has 1 saturated heterocycles. The van der Waals surface area contributed by atoms with Crippen LogP contribution in [0.1, 0.15) is 30.8 Å². The molecule has 0 radical (unpaired) electrons. The summed E-state index contributed by atoms with van der Waals surface area (Å²) in [7, 11) is 0. The van der Waals surface area contributed by atoms with Crippen molar-refractivity contribution in [3.63, 3.8) is 0 Å². The fourth-order valence-electron chi connectivity index (χ4n) is 4.50. The van der Waals surface area contributed by atoms with Gasteiger partial charge in [-0.15, -0.1) is 0 Å². The normalized spacial score (nSPS) is 16.4. The van der Waals surface area contributed by atoms with Crippen molar-refractivity contribution in [2.45, 2.75) is 39.2 Å². The van der Waals surface area contributed by atoms with Gasteiger partial charge >= 0.3 is 6.18 Å². The van der Waals surface area contributed by atoms with Crippen LogP contribution >= 0.6 is 0 Å². The molecule has 1 amide bonds. The highest BCUT2D eigenvalue weighted by Gasteiger charge is 2.33. The highest BCUT2D eigenvalue weighted by atomic mass is 19.4. The number of rotatable bonds is 8. The number of fused-ring (bicyclic) bond motifs is 1. The van der Waals surface area contributed by atoms with Gasteiger partial charge in [0.2, 0.25) is 5.91 Å². The maximum Gasteiger partial charge on any atom is 0.416 e. The van der Waals surface area contributed by atoms with Crippen LogP contribution in [0.3, 0.4) is 0 Å². The Bertz CT molecular complexity index is 1210. The summed E-state index contributed by atoms with van der Waals surface area (Å²) in [6.45, 7) is 7.23. The van der Waals surface area contributed by atoms with E-state index in [1.54, 1.807) is 12.1 Å². The molecule has 3 N–H and O–H groups in total. The molecule has 192 valence electrons. The molecule has 3 aromatic rings. The summed E-state index contributed by atoms with van der Waals surface area (Å²) in [6, 6.07) is 12.8. The quantitative estimate of drug-likeness (QED) is 0.488. The Morgan fingerprint density at radius 3 is 2.22 bits per heavy atom. The molecule has 2 heterocycles. The zero-order valence-corrected chi connectivity index (χ0v) is 20.4. The first-order chi connectivity index (χ1) is 17.1. The van der Waals surface area contributed by atoms with E-state index in [9.17, 15) is 18.0 Å². The Balaban J connectivity index is 1.45. The summed E-state index contributed by atoms with van der Waals surface area (Å²) < 4.78 is 40.0. The monoisotopic (exact) mass is 500 g/mol.